The van der Waals surface area contributed by atoms with E-state index in [9.17, 15) is 23.1 Å². The molecule has 1 aliphatic heterocycles. The second kappa shape index (κ2) is 9.48. The number of carbonyl (C=O) groups is 2. The smallest absolute Gasteiger partial charge is 0.300 e. The summed E-state index contributed by atoms with van der Waals surface area (Å²) in [7, 11) is -0.953. The number of aryl methyl sites for hydroxylation is 1. The van der Waals surface area contributed by atoms with Crippen LogP contribution in [0.25, 0.3) is 5.76 Å². The topological polar surface area (TPSA) is 136 Å². The summed E-state index contributed by atoms with van der Waals surface area (Å²) in [5.74, 6) is -1.04. The first kappa shape index (κ1) is 25.0. The maximum absolute atomic E-state index is 13.3. The number of aliphatic hydroxyl groups excluding tert-OH is 1. The largest absolute Gasteiger partial charge is 0.507 e. The highest BCUT2D eigenvalue weighted by Crippen LogP contribution is 2.43. The van der Waals surface area contributed by atoms with Crippen LogP contribution in [0.5, 0.6) is 11.5 Å². The fourth-order valence-electron chi connectivity index (χ4n) is 4.20. The first-order valence-corrected chi connectivity index (χ1v) is 12.3. The van der Waals surface area contributed by atoms with Gasteiger partial charge in [0.1, 0.15) is 17.3 Å². The number of sulfonamides is 1. The molecule has 1 unspecified atom stereocenters. The highest BCUT2D eigenvalue weighted by Gasteiger charge is 2.47. The minimum Gasteiger partial charge on any atom is -0.507 e. The molecule has 3 aromatic rings. The summed E-state index contributed by atoms with van der Waals surface area (Å²) in [4.78, 5) is 27.7. The van der Waals surface area contributed by atoms with Crippen LogP contribution in [0.1, 0.15) is 22.7 Å². The molecule has 1 saturated heterocycles. The van der Waals surface area contributed by atoms with Gasteiger partial charge in [-0.3, -0.25) is 14.5 Å². The molecule has 1 fully saturated rings. The minimum absolute atomic E-state index is 0.114. The third kappa shape index (κ3) is 4.43. The maximum atomic E-state index is 13.3. The molecule has 1 heterocycles. The van der Waals surface area contributed by atoms with E-state index in [1.54, 1.807) is 49.4 Å². The molecule has 0 radical (unpaired) electrons. The number of hydrogen-bond donors (Lipinski definition) is 2. The van der Waals surface area contributed by atoms with Crippen LogP contribution in [0.4, 0.5) is 5.69 Å². The molecule has 0 saturated carbocycles. The number of nitrogens with two attached hydrogens (primary N) is 1. The van der Waals surface area contributed by atoms with Crippen LogP contribution in [-0.2, 0) is 19.6 Å². The Balaban J connectivity index is 1.95. The standard InChI is InChI=1S/C26H24N2O7S/c1-15-13-19(35-3)9-12-21(15)24(29)22-23(16-5-4-6-18(14-16)34-2)28(26(31)25(22)30)17-7-10-20(11-8-17)36(27,32)33/h4-14,23,29H,1-3H3,(H2,27,32,33)/b24-22-. The molecule has 0 aliphatic carbocycles. The van der Waals surface area contributed by atoms with Crippen molar-refractivity contribution >= 4 is 33.2 Å². The summed E-state index contributed by atoms with van der Waals surface area (Å²) < 4.78 is 33.9. The van der Waals surface area contributed by atoms with Crippen LogP contribution in [-0.4, -0.2) is 39.4 Å². The zero-order chi connectivity index (χ0) is 26.2. The van der Waals surface area contributed by atoms with Crippen LogP contribution in [0.15, 0.2) is 77.2 Å². The lowest BCUT2D eigenvalue weighted by Gasteiger charge is -2.26. The van der Waals surface area contributed by atoms with Crippen LogP contribution in [0.3, 0.4) is 0 Å². The number of nitrogens with zero attached hydrogens (tertiary/aromatic N) is 1. The molecule has 0 bridgehead atoms. The van der Waals surface area contributed by atoms with Crippen molar-refractivity contribution in [1.29, 1.82) is 0 Å². The summed E-state index contributed by atoms with van der Waals surface area (Å²) in [6.07, 6.45) is 0. The molecule has 10 heteroatoms. The number of anilines is 1. The number of benzene rings is 3. The summed E-state index contributed by atoms with van der Waals surface area (Å²) in [5.41, 5.74) is 1.66. The van der Waals surface area contributed by atoms with Gasteiger partial charge in [-0.05, 0) is 72.6 Å². The molecule has 4 rings (SSSR count). The lowest BCUT2D eigenvalue weighted by molar-refractivity contribution is -0.132. The quantitative estimate of drug-likeness (QED) is 0.296. The van der Waals surface area contributed by atoms with Crippen molar-refractivity contribution in [2.75, 3.05) is 19.1 Å². The highest BCUT2D eigenvalue weighted by atomic mass is 32.2. The number of amides is 1. The van der Waals surface area contributed by atoms with Gasteiger partial charge in [-0.2, -0.15) is 0 Å². The summed E-state index contributed by atoms with van der Waals surface area (Å²) >= 11 is 0. The highest BCUT2D eigenvalue weighted by molar-refractivity contribution is 7.89. The molecule has 3 aromatic carbocycles. The SMILES string of the molecule is COc1cccc(C2/C(=C(/O)c3ccc(OC)cc3C)C(=O)C(=O)N2c2ccc(S(N)(=O)=O)cc2)c1. The van der Waals surface area contributed by atoms with Crippen molar-refractivity contribution in [3.63, 3.8) is 0 Å². The first-order valence-electron chi connectivity index (χ1n) is 10.8. The van der Waals surface area contributed by atoms with E-state index in [1.807, 2.05) is 0 Å². The van der Waals surface area contributed by atoms with E-state index in [0.717, 1.165) is 0 Å². The van der Waals surface area contributed by atoms with Gasteiger partial charge in [0, 0.05) is 11.3 Å². The van der Waals surface area contributed by atoms with E-state index in [0.29, 0.717) is 28.2 Å². The molecule has 0 aromatic heterocycles. The zero-order valence-electron chi connectivity index (χ0n) is 19.8. The van der Waals surface area contributed by atoms with Crippen LogP contribution < -0.4 is 19.5 Å². The molecule has 186 valence electrons. The number of ether oxygens (including phenoxy) is 2. The van der Waals surface area contributed by atoms with Crippen LogP contribution in [0.2, 0.25) is 0 Å². The summed E-state index contributed by atoms with van der Waals surface area (Å²) in [5, 5.41) is 16.5. The van der Waals surface area contributed by atoms with Crippen molar-refractivity contribution in [1.82, 2.24) is 0 Å². The summed E-state index contributed by atoms with van der Waals surface area (Å²) in [6.45, 7) is 1.75. The first-order chi connectivity index (χ1) is 17.1. The van der Waals surface area contributed by atoms with Crippen molar-refractivity contribution in [2.24, 2.45) is 5.14 Å². The Morgan fingerprint density at radius 1 is 0.944 bits per heavy atom. The second-order valence-corrected chi connectivity index (χ2v) is 9.73. The Hall–Kier alpha value is -4.15. The number of Topliss-reactive ketones (excluding diaryl/α,β-unsaturated/α-hetero) is 1. The Morgan fingerprint density at radius 3 is 2.17 bits per heavy atom. The Bertz CT molecular complexity index is 1490. The third-order valence-corrected chi connectivity index (χ3v) is 6.92. The molecule has 1 amide bonds. The van der Waals surface area contributed by atoms with Crippen molar-refractivity contribution < 1.29 is 32.6 Å². The molecule has 3 N–H and O–H groups in total. The Labute approximate surface area is 208 Å². The van der Waals surface area contributed by atoms with Crippen LogP contribution in [0, 0.1) is 6.92 Å². The number of ketones is 1. The van der Waals surface area contributed by atoms with E-state index in [1.165, 1.54) is 43.4 Å². The number of rotatable bonds is 6. The third-order valence-electron chi connectivity index (χ3n) is 5.99. The fraction of sp³-hybridized carbons (Fsp3) is 0.154. The van der Waals surface area contributed by atoms with Gasteiger partial charge in [0.15, 0.2) is 0 Å². The number of aliphatic hydroxyl groups is 1. The molecule has 9 nitrogen and oxygen atoms in total. The van der Waals surface area contributed by atoms with E-state index in [4.69, 9.17) is 14.6 Å². The van der Waals surface area contributed by atoms with Gasteiger partial charge in [-0.15, -0.1) is 0 Å². The molecule has 1 atom stereocenters. The van der Waals surface area contributed by atoms with E-state index >= 15 is 0 Å². The number of primary sulfonamides is 1. The van der Waals surface area contributed by atoms with Crippen molar-refractivity contribution in [3.05, 3.63) is 89.0 Å². The van der Waals surface area contributed by atoms with Gasteiger partial charge in [0.05, 0.1) is 30.7 Å². The summed E-state index contributed by atoms with van der Waals surface area (Å²) in [6, 6.07) is 16.0. The van der Waals surface area contributed by atoms with Gasteiger partial charge in [-0.1, -0.05) is 12.1 Å². The van der Waals surface area contributed by atoms with Gasteiger partial charge in [-0.25, -0.2) is 13.6 Å². The van der Waals surface area contributed by atoms with Gasteiger partial charge in [0.2, 0.25) is 10.0 Å². The second-order valence-electron chi connectivity index (χ2n) is 8.17. The fourth-order valence-corrected chi connectivity index (χ4v) is 4.71. The molecule has 1 aliphatic rings. The van der Waals surface area contributed by atoms with E-state index < -0.39 is 27.8 Å². The maximum Gasteiger partial charge on any atom is 0.300 e. The molecule has 36 heavy (non-hydrogen) atoms. The minimum atomic E-state index is -3.96. The van der Waals surface area contributed by atoms with E-state index in [2.05, 4.69) is 0 Å². The average Bonchev–Trinajstić information content (AvgIpc) is 3.13. The lowest BCUT2D eigenvalue weighted by Crippen LogP contribution is -2.29. The zero-order valence-corrected chi connectivity index (χ0v) is 20.6. The Kier molecular flexibility index (Phi) is 6.57. The van der Waals surface area contributed by atoms with E-state index in [-0.39, 0.29) is 21.9 Å². The number of methoxy groups -OCH3 is 2. The molecular weight excluding hydrogens is 484 g/mol. The van der Waals surface area contributed by atoms with Gasteiger partial charge >= 0.3 is 0 Å². The Morgan fingerprint density at radius 2 is 1.58 bits per heavy atom. The number of carbonyl (C=O) groups excluding carboxylic acids is 2. The van der Waals surface area contributed by atoms with Gasteiger partial charge < -0.3 is 14.6 Å². The number of hydrogen-bond acceptors (Lipinski definition) is 7. The van der Waals surface area contributed by atoms with Crippen LogP contribution >= 0.6 is 0 Å². The lowest BCUT2D eigenvalue weighted by atomic mass is 9.93. The predicted molar refractivity (Wildman–Crippen MR) is 133 cm³/mol. The van der Waals surface area contributed by atoms with Crippen molar-refractivity contribution in [3.8, 4) is 11.5 Å². The van der Waals surface area contributed by atoms with Gasteiger partial charge in [0.25, 0.3) is 11.7 Å². The van der Waals surface area contributed by atoms with Crippen molar-refractivity contribution in [2.45, 2.75) is 17.9 Å². The molecular formula is C26H24N2O7S. The molecule has 0 spiro atoms. The normalized spacial score (nSPS) is 17.3. The predicted octanol–water partition coefficient (Wildman–Crippen LogP) is 3.29. The average molecular weight is 509 g/mol. The monoisotopic (exact) mass is 508 g/mol.